The van der Waals surface area contributed by atoms with Crippen LogP contribution in [0, 0.1) is 17.6 Å². The minimum Gasteiger partial charge on any atom is -0.474 e. The van der Waals surface area contributed by atoms with Crippen LogP contribution >= 0.6 is 11.8 Å². The van der Waals surface area contributed by atoms with E-state index in [9.17, 15) is 28.5 Å². The molecule has 0 bridgehead atoms. The quantitative estimate of drug-likeness (QED) is 0.711. The van der Waals surface area contributed by atoms with Crippen molar-refractivity contribution in [1.29, 1.82) is 0 Å². The predicted molar refractivity (Wildman–Crippen MR) is 84.4 cm³/mol. The molecule has 1 aliphatic rings. The summed E-state index contributed by atoms with van der Waals surface area (Å²) in [7, 11) is 0. The molecule has 0 spiro atoms. The molecule has 134 valence electrons. The number of halogens is 3. The van der Waals surface area contributed by atoms with Gasteiger partial charge in [0.1, 0.15) is 12.2 Å². The summed E-state index contributed by atoms with van der Waals surface area (Å²) >= 11 is 0.940. The lowest BCUT2D eigenvalue weighted by atomic mass is 10.1. The highest BCUT2D eigenvalue weighted by atomic mass is 32.2. The highest BCUT2D eigenvalue weighted by molar-refractivity contribution is 7.99. The molecule has 5 nitrogen and oxygen atoms in total. The number of pyridine rings is 1. The second-order valence-electron chi connectivity index (χ2n) is 5.48. The van der Waals surface area contributed by atoms with Crippen molar-refractivity contribution >= 4 is 11.8 Å². The summed E-state index contributed by atoms with van der Waals surface area (Å²) < 4.78 is 47.0. The molecule has 3 N–H and O–H groups in total. The van der Waals surface area contributed by atoms with Gasteiger partial charge in [0.25, 0.3) is 0 Å². The van der Waals surface area contributed by atoms with Crippen LogP contribution in [0.1, 0.15) is 0 Å². The first-order valence-electron chi connectivity index (χ1n) is 7.31. The molecule has 1 aliphatic heterocycles. The minimum absolute atomic E-state index is 0.00961. The lowest BCUT2D eigenvalue weighted by molar-refractivity contribution is -0.0790. The van der Waals surface area contributed by atoms with Gasteiger partial charge in [0, 0.05) is 17.5 Å². The van der Waals surface area contributed by atoms with Gasteiger partial charge in [0.15, 0.2) is 17.0 Å². The lowest BCUT2D eigenvalue weighted by Gasteiger charge is -2.34. The average molecular weight is 373 g/mol. The van der Waals surface area contributed by atoms with Crippen molar-refractivity contribution in [3.05, 3.63) is 48.0 Å². The molecular formula is C16H14F3NO4S. The molecule has 9 heteroatoms. The molecular weight excluding hydrogens is 359 g/mol. The van der Waals surface area contributed by atoms with E-state index in [-0.39, 0.29) is 16.9 Å². The number of aromatic nitrogens is 1. The maximum absolute atomic E-state index is 14.0. The van der Waals surface area contributed by atoms with Crippen LogP contribution in [0.3, 0.4) is 0 Å². The zero-order valence-corrected chi connectivity index (χ0v) is 13.5. The SMILES string of the molecule is O[C@@H]1[C@@H](O)[C@@H](Oc2cc(-c3cccnc3F)cc(F)c2F)SC[C@H]1O. The van der Waals surface area contributed by atoms with Crippen LogP contribution in [0.15, 0.2) is 30.5 Å². The van der Waals surface area contributed by atoms with Crippen molar-refractivity contribution in [1.82, 2.24) is 4.98 Å². The molecule has 1 saturated heterocycles. The molecule has 0 radical (unpaired) electrons. The molecule has 1 fully saturated rings. The molecule has 1 aromatic heterocycles. The number of rotatable bonds is 3. The van der Waals surface area contributed by atoms with Gasteiger partial charge >= 0.3 is 0 Å². The van der Waals surface area contributed by atoms with E-state index in [1.165, 1.54) is 18.3 Å². The average Bonchev–Trinajstić information content (AvgIpc) is 2.59. The molecule has 0 saturated carbocycles. The van der Waals surface area contributed by atoms with Gasteiger partial charge in [0.2, 0.25) is 11.8 Å². The van der Waals surface area contributed by atoms with Crippen molar-refractivity contribution < 1.29 is 33.2 Å². The van der Waals surface area contributed by atoms with Crippen LogP contribution in [0.5, 0.6) is 5.75 Å². The maximum Gasteiger partial charge on any atom is 0.220 e. The van der Waals surface area contributed by atoms with Gasteiger partial charge in [-0.05, 0) is 29.8 Å². The van der Waals surface area contributed by atoms with E-state index in [0.717, 1.165) is 23.9 Å². The Bertz CT molecular complexity index is 779. The number of ether oxygens (including phenoxy) is 1. The normalized spacial score (nSPS) is 26.5. The Hall–Kier alpha value is -1.81. The Morgan fingerprint density at radius 1 is 1.12 bits per heavy atom. The molecule has 2 aromatic rings. The van der Waals surface area contributed by atoms with Crippen molar-refractivity contribution in [2.45, 2.75) is 23.7 Å². The number of aliphatic hydroxyl groups excluding tert-OH is 3. The number of nitrogens with zero attached hydrogens (tertiary/aromatic N) is 1. The number of thioether (sulfide) groups is 1. The fraction of sp³-hybridized carbons (Fsp3) is 0.312. The van der Waals surface area contributed by atoms with E-state index in [1.54, 1.807) is 0 Å². The van der Waals surface area contributed by atoms with Gasteiger partial charge in [0.05, 0.1) is 6.10 Å². The Balaban J connectivity index is 1.93. The zero-order valence-electron chi connectivity index (χ0n) is 12.6. The Kier molecular flexibility index (Phi) is 5.19. The maximum atomic E-state index is 14.0. The summed E-state index contributed by atoms with van der Waals surface area (Å²) in [5.74, 6) is -3.92. The van der Waals surface area contributed by atoms with Crippen molar-refractivity contribution in [3.63, 3.8) is 0 Å². The smallest absolute Gasteiger partial charge is 0.220 e. The van der Waals surface area contributed by atoms with Crippen LogP contribution in [-0.4, -0.2) is 49.8 Å². The monoisotopic (exact) mass is 373 g/mol. The zero-order chi connectivity index (χ0) is 18.1. The second-order valence-corrected chi connectivity index (χ2v) is 6.61. The predicted octanol–water partition coefficient (Wildman–Crippen LogP) is 1.70. The molecule has 1 aromatic carbocycles. The molecule has 3 rings (SSSR count). The third kappa shape index (κ3) is 3.59. The van der Waals surface area contributed by atoms with Crippen molar-refractivity contribution in [3.8, 4) is 16.9 Å². The Labute approximate surface area is 145 Å². The number of aliphatic hydroxyl groups is 3. The van der Waals surface area contributed by atoms with E-state index < -0.39 is 47.1 Å². The number of benzene rings is 1. The largest absolute Gasteiger partial charge is 0.474 e. The topological polar surface area (TPSA) is 82.8 Å². The van der Waals surface area contributed by atoms with Crippen LogP contribution in [0.4, 0.5) is 13.2 Å². The summed E-state index contributed by atoms with van der Waals surface area (Å²) in [5, 5.41) is 29.1. The molecule has 4 atom stereocenters. The Morgan fingerprint density at radius 3 is 2.60 bits per heavy atom. The highest BCUT2D eigenvalue weighted by Gasteiger charge is 2.39. The van der Waals surface area contributed by atoms with E-state index >= 15 is 0 Å². The van der Waals surface area contributed by atoms with Crippen molar-refractivity contribution in [2.75, 3.05) is 5.75 Å². The molecule has 0 unspecified atom stereocenters. The first-order valence-corrected chi connectivity index (χ1v) is 8.35. The van der Waals surface area contributed by atoms with E-state index in [2.05, 4.69) is 4.98 Å². The lowest BCUT2D eigenvalue weighted by Crippen LogP contribution is -2.50. The van der Waals surface area contributed by atoms with E-state index in [1.807, 2.05) is 0 Å². The Morgan fingerprint density at radius 2 is 1.88 bits per heavy atom. The first-order chi connectivity index (χ1) is 11.9. The number of hydrogen-bond acceptors (Lipinski definition) is 6. The third-order valence-corrected chi connectivity index (χ3v) is 5.00. The fourth-order valence-electron chi connectivity index (χ4n) is 2.41. The summed E-state index contributed by atoms with van der Waals surface area (Å²) in [6.07, 6.45) is -2.91. The standard InChI is InChI=1S/C16H14F3NO4S/c17-9-4-7(8-2-1-3-20-15(8)19)5-11(12(9)18)24-16-14(23)13(22)10(21)6-25-16/h1-5,10,13-14,16,21-23H,6H2/t10-,13+,14-,16+/m1/s1. The fourth-order valence-corrected chi connectivity index (χ4v) is 3.53. The first kappa shape index (κ1) is 18.0. The van der Waals surface area contributed by atoms with E-state index in [0.29, 0.717) is 0 Å². The summed E-state index contributed by atoms with van der Waals surface area (Å²) in [4.78, 5) is 3.45. The highest BCUT2D eigenvalue weighted by Crippen LogP contribution is 2.34. The molecule has 0 aliphatic carbocycles. The van der Waals surface area contributed by atoms with Crippen LogP contribution in [-0.2, 0) is 0 Å². The molecule has 0 amide bonds. The van der Waals surface area contributed by atoms with E-state index in [4.69, 9.17) is 4.74 Å². The molecule has 2 heterocycles. The van der Waals surface area contributed by atoms with Gasteiger partial charge < -0.3 is 20.1 Å². The van der Waals surface area contributed by atoms with Gasteiger partial charge in [-0.1, -0.05) is 0 Å². The van der Waals surface area contributed by atoms with Gasteiger partial charge in [-0.3, -0.25) is 0 Å². The molecule has 25 heavy (non-hydrogen) atoms. The van der Waals surface area contributed by atoms with Gasteiger partial charge in [-0.15, -0.1) is 11.8 Å². The second kappa shape index (κ2) is 7.20. The summed E-state index contributed by atoms with van der Waals surface area (Å²) in [6, 6.07) is 4.69. The van der Waals surface area contributed by atoms with Crippen LogP contribution < -0.4 is 4.74 Å². The van der Waals surface area contributed by atoms with Crippen LogP contribution in [0.25, 0.3) is 11.1 Å². The minimum atomic E-state index is -1.50. The summed E-state index contributed by atoms with van der Waals surface area (Å²) in [6.45, 7) is 0. The summed E-state index contributed by atoms with van der Waals surface area (Å²) in [5.41, 5.74) is -1.16. The van der Waals surface area contributed by atoms with Gasteiger partial charge in [-0.2, -0.15) is 8.78 Å². The van der Waals surface area contributed by atoms with Crippen LogP contribution in [0.2, 0.25) is 0 Å². The third-order valence-electron chi connectivity index (χ3n) is 3.76. The van der Waals surface area contributed by atoms with Crippen molar-refractivity contribution in [2.24, 2.45) is 0 Å². The van der Waals surface area contributed by atoms with Gasteiger partial charge in [-0.25, -0.2) is 9.37 Å². The number of hydrogen-bond donors (Lipinski definition) is 3.